The number of furan rings is 1. The van der Waals surface area contributed by atoms with E-state index in [9.17, 15) is 0 Å². The molecule has 0 saturated carbocycles. The first kappa shape index (κ1) is 15.8. The van der Waals surface area contributed by atoms with Gasteiger partial charge in [-0.1, -0.05) is 0 Å². The predicted molar refractivity (Wildman–Crippen MR) is 92.4 cm³/mol. The summed E-state index contributed by atoms with van der Waals surface area (Å²) in [5.41, 5.74) is 6.65. The molecule has 0 aliphatic carbocycles. The van der Waals surface area contributed by atoms with Crippen LogP contribution in [-0.2, 0) is 0 Å². The van der Waals surface area contributed by atoms with Crippen molar-refractivity contribution in [2.24, 2.45) is 11.7 Å². The van der Waals surface area contributed by atoms with Crippen LogP contribution in [0.15, 0.2) is 41.4 Å². The monoisotopic (exact) mass is 333 g/mol. The maximum absolute atomic E-state index is 5.78. The number of halogens is 1. The highest BCUT2D eigenvalue weighted by Crippen LogP contribution is 2.29. The van der Waals surface area contributed by atoms with Crippen molar-refractivity contribution in [2.75, 3.05) is 24.5 Å². The Hall–Kier alpha value is -2.05. The van der Waals surface area contributed by atoms with Crippen LogP contribution in [0.5, 0.6) is 0 Å². The van der Waals surface area contributed by atoms with E-state index in [1.807, 2.05) is 22.9 Å². The summed E-state index contributed by atoms with van der Waals surface area (Å²) in [6, 6.07) is 5.86. The molecular formula is C16H20ClN5O. The number of aromatic nitrogens is 3. The highest BCUT2D eigenvalue weighted by molar-refractivity contribution is 5.88. The molecule has 0 radical (unpaired) electrons. The molecule has 4 rings (SSSR count). The standard InChI is InChI=1S/C16H19N5O.ClH/c17-10-12-3-6-20(7-4-12)15-13-5-8-21(14-2-1-9-22-14)16(13)19-11-18-15;/h1-2,5,8-9,11-12H,3-4,6-7,10,17H2;1H. The molecule has 0 bridgehead atoms. The van der Waals surface area contributed by atoms with Crippen LogP contribution in [0.4, 0.5) is 5.82 Å². The van der Waals surface area contributed by atoms with Gasteiger partial charge in [0.15, 0.2) is 5.65 Å². The first-order valence-corrected chi connectivity index (χ1v) is 7.68. The van der Waals surface area contributed by atoms with Gasteiger partial charge in [-0.2, -0.15) is 0 Å². The topological polar surface area (TPSA) is 73.1 Å². The summed E-state index contributed by atoms with van der Waals surface area (Å²) in [4.78, 5) is 11.3. The van der Waals surface area contributed by atoms with Crippen LogP contribution in [-0.4, -0.2) is 34.2 Å². The van der Waals surface area contributed by atoms with Crippen molar-refractivity contribution < 1.29 is 4.42 Å². The Morgan fingerprint density at radius 3 is 2.74 bits per heavy atom. The zero-order valence-corrected chi connectivity index (χ0v) is 13.6. The molecule has 122 valence electrons. The van der Waals surface area contributed by atoms with Gasteiger partial charge in [0, 0.05) is 25.4 Å². The molecule has 4 heterocycles. The lowest BCUT2D eigenvalue weighted by Gasteiger charge is -2.32. The summed E-state index contributed by atoms with van der Waals surface area (Å²) < 4.78 is 7.43. The van der Waals surface area contributed by atoms with Crippen LogP contribution in [0.2, 0.25) is 0 Å². The van der Waals surface area contributed by atoms with E-state index >= 15 is 0 Å². The molecule has 0 atom stereocenters. The average Bonchev–Trinajstić information content (AvgIpc) is 3.23. The molecule has 23 heavy (non-hydrogen) atoms. The van der Waals surface area contributed by atoms with Crippen molar-refractivity contribution in [3.8, 4) is 5.88 Å². The van der Waals surface area contributed by atoms with Crippen LogP contribution in [0.1, 0.15) is 12.8 Å². The lowest BCUT2D eigenvalue weighted by atomic mass is 9.97. The van der Waals surface area contributed by atoms with Crippen LogP contribution in [0, 0.1) is 5.92 Å². The third kappa shape index (κ3) is 2.80. The minimum Gasteiger partial charge on any atom is -0.448 e. The van der Waals surface area contributed by atoms with Gasteiger partial charge in [-0.05, 0) is 37.4 Å². The molecule has 6 nitrogen and oxygen atoms in total. The van der Waals surface area contributed by atoms with E-state index in [4.69, 9.17) is 10.2 Å². The number of piperidine rings is 1. The Morgan fingerprint density at radius 1 is 1.22 bits per heavy atom. The summed E-state index contributed by atoms with van der Waals surface area (Å²) in [6.45, 7) is 2.78. The SMILES string of the molecule is Cl.NCC1CCN(c2ncnc3c2ccn3-c2ccco2)CC1. The fourth-order valence-corrected chi connectivity index (χ4v) is 3.16. The van der Waals surface area contributed by atoms with Gasteiger partial charge in [-0.3, -0.25) is 4.57 Å². The Morgan fingerprint density at radius 2 is 2.04 bits per heavy atom. The van der Waals surface area contributed by atoms with Gasteiger partial charge in [-0.25, -0.2) is 9.97 Å². The van der Waals surface area contributed by atoms with E-state index in [1.54, 1.807) is 12.6 Å². The smallest absolute Gasteiger partial charge is 0.204 e. The molecule has 3 aromatic rings. The van der Waals surface area contributed by atoms with E-state index < -0.39 is 0 Å². The van der Waals surface area contributed by atoms with E-state index in [1.165, 1.54) is 0 Å². The van der Waals surface area contributed by atoms with Crippen molar-refractivity contribution in [1.82, 2.24) is 14.5 Å². The van der Waals surface area contributed by atoms with Gasteiger partial charge in [-0.15, -0.1) is 12.4 Å². The fraction of sp³-hybridized carbons (Fsp3) is 0.375. The molecule has 0 amide bonds. The number of hydrogen-bond acceptors (Lipinski definition) is 5. The van der Waals surface area contributed by atoms with Crippen LogP contribution >= 0.6 is 12.4 Å². The van der Waals surface area contributed by atoms with E-state index in [0.717, 1.165) is 55.2 Å². The Kier molecular flexibility index (Phi) is 4.54. The number of nitrogens with zero attached hydrogens (tertiary/aromatic N) is 4. The highest BCUT2D eigenvalue weighted by atomic mass is 35.5. The second-order valence-electron chi connectivity index (χ2n) is 5.74. The summed E-state index contributed by atoms with van der Waals surface area (Å²) in [7, 11) is 0. The zero-order valence-electron chi connectivity index (χ0n) is 12.8. The molecular weight excluding hydrogens is 314 g/mol. The van der Waals surface area contributed by atoms with Crippen molar-refractivity contribution in [3.05, 3.63) is 37.0 Å². The maximum atomic E-state index is 5.78. The molecule has 1 saturated heterocycles. The predicted octanol–water partition coefficient (Wildman–Crippen LogP) is 2.61. The minimum absolute atomic E-state index is 0. The first-order chi connectivity index (χ1) is 10.9. The van der Waals surface area contributed by atoms with Gasteiger partial charge in [0.05, 0.1) is 11.6 Å². The molecule has 1 aliphatic heterocycles. The lowest BCUT2D eigenvalue weighted by molar-refractivity contribution is 0.413. The van der Waals surface area contributed by atoms with Gasteiger partial charge < -0.3 is 15.1 Å². The molecule has 2 N–H and O–H groups in total. The van der Waals surface area contributed by atoms with Crippen molar-refractivity contribution in [3.63, 3.8) is 0 Å². The second-order valence-corrected chi connectivity index (χ2v) is 5.74. The quantitative estimate of drug-likeness (QED) is 0.797. The Labute approximate surface area is 140 Å². The average molecular weight is 334 g/mol. The van der Waals surface area contributed by atoms with Gasteiger partial charge in [0.25, 0.3) is 0 Å². The van der Waals surface area contributed by atoms with E-state index in [2.05, 4.69) is 20.9 Å². The van der Waals surface area contributed by atoms with E-state index in [-0.39, 0.29) is 12.4 Å². The molecule has 1 aliphatic rings. The molecule has 0 spiro atoms. The number of hydrogen-bond donors (Lipinski definition) is 1. The maximum Gasteiger partial charge on any atom is 0.204 e. The Bertz CT molecular complexity index is 762. The molecule has 0 aromatic carbocycles. The number of rotatable bonds is 3. The lowest BCUT2D eigenvalue weighted by Crippen LogP contribution is -2.36. The second kappa shape index (κ2) is 6.60. The third-order valence-corrected chi connectivity index (χ3v) is 4.45. The number of nitrogens with two attached hydrogens (primary N) is 1. The minimum atomic E-state index is 0. The summed E-state index contributed by atoms with van der Waals surface area (Å²) in [5.74, 6) is 2.41. The summed E-state index contributed by atoms with van der Waals surface area (Å²) >= 11 is 0. The largest absolute Gasteiger partial charge is 0.448 e. The van der Waals surface area contributed by atoms with Crippen molar-refractivity contribution in [2.45, 2.75) is 12.8 Å². The first-order valence-electron chi connectivity index (χ1n) is 7.68. The highest BCUT2D eigenvalue weighted by Gasteiger charge is 2.21. The Balaban J connectivity index is 0.00000156. The van der Waals surface area contributed by atoms with Crippen LogP contribution < -0.4 is 10.6 Å². The number of fused-ring (bicyclic) bond motifs is 1. The normalized spacial score (nSPS) is 15.8. The van der Waals surface area contributed by atoms with Crippen molar-refractivity contribution in [1.29, 1.82) is 0 Å². The summed E-state index contributed by atoms with van der Waals surface area (Å²) in [6.07, 6.45) is 7.53. The van der Waals surface area contributed by atoms with Gasteiger partial charge in [0.2, 0.25) is 5.88 Å². The van der Waals surface area contributed by atoms with Gasteiger partial charge in [0.1, 0.15) is 12.1 Å². The molecule has 0 unspecified atom stereocenters. The molecule has 7 heteroatoms. The number of anilines is 1. The fourth-order valence-electron chi connectivity index (χ4n) is 3.16. The van der Waals surface area contributed by atoms with Crippen molar-refractivity contribution >= 4 is 29.3 Å². The molecule has 1 fully saturated rings. The summed E-state index contributed by atoms with van der Waals surface area (Å²) in [5, 5.41) is 1.06. The van der Waals surface area contributed by atoms with E-state index in [0.29, 0.717) is 5.92 Å². The third-order valence-electron chi connectivity index (χ3n) is 4.45. The van der Waals surface area contributed by atoms with Crippen LogP contribution in [0.3, 0.4) is 0 Å². The van der Waals surface area contributed by atoms with Gasteiger partial charge >= 0.3 is 0 Å². The zero-order chi connectivity index (χ0) is 14.9. The van der Waals surface area contributed by atoms with Crippen LogP contribution in [0.25, 0.3) is 16.9 Å². The molecule has 3 aromatic heterocycles.